The molecule has 1 fully saturated rings. The molecule has 21 heavy (non-hydrogen) atoms. The molecule has 1 aromatic heterocycles. The fourth-order valence-corrected chi connectivity index (χ4v) is 2.76. The predicted octanol–water partition coefficient (Wildman–Crippen LogP) is 2.68. The van der Waals surface area contributed by atoms with Crippen LogP contribution in [0.1, 0.15) is 54.5 Å². The summed E-state index contributed by atoms with van der Waals surface area (Å²) >= 11 is 0. The number of rotatable bonds is 2. The number of carbonyl (C=O) groups excluding carboxylic acids is 1. The second kappa shape index (κ2) is 5.84. The van der Waals surface area contributed by atoms with Gasteiger partial charge in [0.2, 0.25) is 0 Å². The number of aromatic nitrogens is 1. The van der Waals surface area contributed by atoms with Crippen LogP contribution in [0.5, 0.6) is 0 Å². The third kappa shape index (κ3) is 3.60. The quantitative estimate of drug-likeness (QED) is 0.909. The molecule has 1 aromatic rings. The highest BCUT2D eigenvalue weighted by Crippen LogP contribution is 2.34. The van der Waals surface area contributed by atoms with Crippen molar-refractivity contribution in [1.82, 2.24) is 9.88 Å². The Labute approximate surface area is 125 Å². The average molecular weight is 290 g/mol. The molecule has 2 heterocycles. The van der Waals surface area contributed by atoms with Gasteiger partial charge in [-0.25, -0.2) is 4.79 Å². The first kappa shape index (κ1) is 15.5. The van der Waals surface area contributed by atoms with E-state index < -0.39 is 5.97 Å². The summed E-state index contributed by atoms with van der Waals surface area (Å²) < 4.78 is 0. The number of carboxylic acids is 1. The summed E-state index contributed by atoms with van der Waals surface area (Å²) in [6, 6.07) is 2.91. The Bertz CT molecular complexity index is 523. The maximum atomic E-state index is 12.4. The first-order valence-electron chi connectivity index (χ1n) is 7.27. The molecule has 0 spiro atoms. The first-order chi connectivity index (χ1) is 9.79. The molecule has 5 heteroatoms. The molecule has 1 N–H and O–H groups in total. The molecule has 1 aliphatic heterocycles. The largest absolute Gasteiger partial charge is 0.478 e. The molecule has 0 aliphatic carbocycles. The van der Waals surface area contributed by atoms with E-state index in [2.05, 4.69) is 25.8 Å². The molecular formula is C16H22N2O3. The van der Waals surface area contributed by atoms with Crippen molar-refractivity contribution < 1.29 is 14.7 Å². The SMILES string of the molecule is CC(C)(C)C1CCN(C(=O)c2ccc(C(=O)O)cn2)CC1. The second-order valence-corrected chi connectivity index (χ2v) is 6.67. The Morgan fingerprint density at radius 3 is 2.29 bits per heavy atom. The molecule has 0 atom stereocenters. The summed E-state index contributed by atoms with van der Waals surface area (Å²) in [5.74, 6) is -0.518. The molecule has 0 bridgehead atoms. The maximum Gasteiger partial charge on any atom is 0.337 e. The van der Waals surface area contributed by atoms with Crippen LogP contribution >= 0.6 is 0 Å². The summed E-state index contributed by atoms with van der Waals surface area (Å²) in [5.41, 5.74) is 0.684. The van der Waals surface area contributed by atoms with Gasteiger partial charge in [-0.05, 0) is 36.3 Å². The molecule has 0 saturated carbocycles. The number of carbonyl (C=O) groups is 2. The van der Waals surface area contributed by atoms with Crippen molar-refractivity contribution in [3.63, 3.8) is 0 Å². The number of amides is 1. The van der Waals surface area contributed by atoms with Crippen LogP contribution in [-0.2, 0) is 0 Å². The lowest BCUT2D eigenvalue weighted by atomic mass is 9.75. The molecule has 1 aliphatic rings. The highest BCUT2D eigenvalue weighted by molar-refractivity contribution is 5.93. The van der Waals surface area contributed by atoms with Crippen molar-refractivity contribution in [3.8, 4) is 0 Å². The van der Waals surface area contributed by atoms with Gasteiger partial charge < -0.3 is 10.0 Å². The fraction of sp³-hybridized carbons (Fsp3) is 0.562. The number of pyridine rings is 1. The molecule has 1 amide bonds. The summed E-state index contributed by atoms with van der Waals surface area (Å²) in [5, 5.41) is 8.83. The van der Waals surface area contributed by atoms with E-state index >= 15 is 0 Å². The highest BCUT2D eigenvalue weighted by Gasteiger charge is 2.30. The number of carboxylic acid groups (broad SMARTS) is 1. The summed E-state index contributed by atoms with van der Waals surface area (Å²) in [4.78, 5) is 28.9. The number of nitrogens with zero attached hydrogens (tertiary/aromatic N) is 2. The van der Waals surface area contributed by atoms with E-state index in [0.717, 1.165) is 25.9 Å². The van der Waals surface area contributed by atoms with Gasteiger partial charge in [0.15, 0.2) is 0 Å². The Balaban J connectivity index is 2.00. The maximum absolute atomic E-state index is 12.4. The number of hydrogen-bond donors (Lipinski definition) is 1. The molecule has 2 rings (SSSR count). The van der Waals surface area contributed by atoms with E-state index in [-0.39, 0.29) is 16.9 Å². The van der Waals surface area contributed by atoms with Crippen molar-refractivity contribution in [3.05, 3.63) is 29.6 Å². The molecule has 1 saturated heterocycles. The lowest BCUT2D eigenvalue weighted by molar-refractivity contribution is 0.0601. The Kier molecular flexibility index (Phi) is 4.30. The monoisotopic (exact) mass is 290 g/mol. The Morgan fingerprint density at radius 2 is 1.86 bits per heavy atom. The minimum atomic E-state index is -1.03. The summed E-state index contributed by atoms with van der Waals surface area (Å²) in [7, 11) is 0. The standard InChI is InChI=1S/C16H22N2O3/c1-16(2,3)12-6-8-18(9-7-12)14(19)13-5-4-11(10-17-13)15(20)21/h4-5,10,12H,6-9H2,1-3H3,(H,20,21). The van der Waals surface area contributed by atoms with Gasteiger partial charge in [-0.15, -0.1) is 0 Å². The van der Waals surface area contributed by atoms with Crippen LogP contribution < -0.4 is 0 Å². The Hall–Kier alpha value is -1.91. The molecule has 0 radical (unpaired) electrons. The van der Waals surface area contributed by atoms with Gasteiger partial charge in [-0.1, -0.05) is 20.8 Å². The third-order valence-corrected chi connectivity index (χ3v) is 4.24. The first-order valence-corrected chi connectivity index (χ1v) is 7.27. The van der Waals surface area contributed by atoms with Gasteiger partial charge in [0, 0.05) is 19.3 Å². The van der Waals surface area contributed by atoms with Crippen molar-refractivity contribution >= 4 is 11.9 Å². The lowest BCUT2D eigenvalue weighted by Gasteiger charge is -2.38. The van der Waals surface area contributed by atoms with Crippen LogP contribution in [0.4, 0.5) is 0 Å². The average Bonchev–Trinajstić information content (AvgIpc) is 2.46. The van der Waals surface area contributed by atoms with Crippen LogP contribution in [0.2, 0.25) is 0 Å². The van der Waals surface area contributed by atoms with Gasteiger partial charge in [0.1, 0.15) is 5.69 Å². The zero-order valence-electron chi connectivity index (χ0n) is 12.8. The van der Waals surface area contributed by atoms with Gasteiger partial charge in [-0.2, -0.15) is 0 Å². The van der Waals surface area contributed by atoms with Crippen LogP contribution in [0, 0.1) is 11.3 Å². The summed E-state index contributed by atoms with van der Waals surface area (Å²) in [6.45, 7) is 8.19. The minimum absolute atomic E-state index is 0.0954. The van der Waals surface area contributed by atoms with Crippen LogP contribution in [0.25, 0.3) is 0 Å². The van der Waals surface area contributed by atoms with E-state index in [9.17, 15) is 9.59 Å². The molecule has 114 valence electrons. The number of likely N-dealkylation sites (tertiary alicyclic amines) is 1. The van der Waals surface area contributed by atoms with Crippen molar-refractivity contribution in [2.45, 2.75) is 33.6 Å². The molecule has 5 nitrogen and oxygen atoms in total. The van der Waals surface area contributed by atoms with Gasteiger partial charge in [-0.3, -0.25) is 9.78 Å². The summed E-state index contributed by atoms with van der Waals surface area (Å²) in [6.07, 6.45) is 3.24. The van der Waals surface area contributed by atoms with Crippen LogP contribution in [-0.4, -0.2) is 40.0 Å². The normalized spacial score (nSPS) is 16.8. The zero-order valence-corrected chi connectivity index (χ0v) is 12.8. The van der Waals surface area contributed by atoms with Gasteiger partial charge in [0.05, 0.1) is 5.56 Å². The van der Waals surface area contributed by atoms with Crippen LogP contribution in [0.3, 0.4) is 0 Å². The van der Waals surface area contributed by atoms with Gasteiger partial charge >= 0.3 is 5.97 Å². The second-order valence-electron chi connectivity index (χ2n) is 6.67. The predicted molar refractivity (Wildman–Crippen MR) is 79.3 cm³/mol. The highest BCUT2D eigenvalue weighted by atomic mass is 16.4. The van der Waals surface area contributed by atoms with E-state index in [4.69, 9.17) is 5.11 Å². The van der Waals surface area contributed by atoms with Gasteiger partial charge in [0.25, 0.3) is 5.91 Å². The Morgan fingerprint density at radius 1 is 1.24 bits per heavy atom. The molecule has 0 aromatic carbocycles. The van der Waals surface area contributed by atoms with E-state index in [1.165, 1.54) is 18.3 Å². The zero-order chi connectivity index (χ0) is 15.6. The smallest absolute Gasteiger partial charge is 0.337 e. The minimum Gasteiger partial charge on any atom is -0.478 e. The van der Waals surface area contributed by atoms with E-state index in [1.807, 2.05) is 4.90 Å². The van der Waals surface area contributed by atoms with E-state index in [1.54, 1.807) is 0 Å². The number of hydrogen-bond acceptors (Lipinski definition) is 3. The fourth-order valence-electron chi connectivity index (χ4n) is 2.76. The van der Waals surface area contributed by atoms with Crippen molar-refractivity contribution in [2.75, 3.05) is 13.1 Å². The topological polar surface area (TPSA) is 70.5 Å². The number of aromatic carboxylic acids is 1. The third-order valence-electron chi connectivity index (χ3n) is 4.24. The number of piperidine rings is 1. The van der Waals surface area contributed by atoms with Crippen LogP contribution in [0.15, 0.2) is 18.3 Å². The molecule has 0 unspecified atom stereocenters. The van der Waals surface area contributed by atoms with Crippen molar-refractivity contribution in [1.29, 1.82) is 0 Å². The van der Waals surface area contributed by atoms with E-state index in [0.29, 0.717) is 11.6 Å². The lowest BCUT2D eigenvalue weighted by Crippen LogP contribution is -2.41. The molecular weight excluding hydrogens is 268 g/mol. The van der Waals surface area contributed by atoms with Crippen molar-refractivity contribution in [2.24, 2.45) is 11.3 Å².